The summed E-state index contributed by atoms with van der Waals surface area (Å²) in [5.41, 5.74) is 1.97. The summed E-state index contributed by atoms with van der Waals surface area (Å²) < 4.78 is 7.78. The minimum absolute atomic E-state index is 0.0625. The molecule has 0 radical (unpaired) electrons. The first-order valence-electron chi connectivity index (χ1n) is 8.98. The van der Waals surface area contributed by atoms with Crippen LogP contribution < -0.4 is 5.56 Å². The molecule has 0 amide bonds. The molecule has 4 rings (SSSR count). The van der Waals surface area contributed by atoms with Gasteiger partial charge >= 0.3 is 0 Å². The number of nitrogens with zero attached hydrogens (tertiary/aromatic N) is 5. The number of ether oxygens (including phenoxy) is 1. The van der Waals surface area contributed by atoms with Crippen LogP contribution in [-0.4, -0.2) is 37.9 Å². The number of aromatic nitrogens is 4. The number of aromatic hydroxyl groups is 1. The Bertz CT molecular complexity index is 1260. The first kappa shape index (κ1) is 18.6. The zero-order valence-electron chi connectivity index (χ0n) is 16.0. The van der Waals surface area contributed by atoms with Gasteiger partial charge in [0.25, 0.3) is 5.56 Å². The Hall–Kier alpha value is -3.78. The number of fused-ring (bicyclic) bond motifs is 1. The fourth-order valence-corrected chi connectivity index (χ4v) is 3.05. The van der Waals surface area contributed by atoms with Gasteiger partial charge in [0.1, 0.15) is 6.61 Å². The number of rotatable bonds is 5. The molecule has 0 bridgehead atoms. The van der Waals surface area contributed by atoms with Crippen LogP contribution in [0.1, 0.15) is 17.1 Å². The van der Waals surface area contributed by atoms with Crippen molar-refractivity contribution in [2.24, 2.45) is 5.10 Å². The van der Waals surface area contributed by atoms with Crippen LogP contribution in [0.15, 0.2) is 64.5 Å². The van der Waals surface area contributed by atoms with E-state index in [-0.39, 0.29) is 18.0 Å². The molecular weight excluding hydrogens is 370 g/mol. The fourth-order valence-electron chi connectivity index (χ4n) is 3.05. The molecule has 0 unspecified atom stereocenters. The molecule has 2 heterocycles. The van der Waals surface area contributed by atoms with Crippen LogP contribution in [0.2, 0.25) is 0 Å². The molecular formula is C21H19N5O3. The number of hydrogen-bond donors (Lipinski definition) is 1. The molecule has 0 saturated carbocycles. The largest absolute Gasteiger partial charge is 0.493 e. The lowest BCUT2D eigenvalue weighted by Gasteiger charge is -2.08. The van der Waals surface area contributed by atoms with Crippen LogP contribution in [0.5, 0.6) is 5.88 Å². The van der Waals surface area contributed by atoms with Crippen molar-refractivity contribution < 1.29 is 9.84 Å². The third-order valence-corrected chi connectivity index (χ3v) is 4.48. The molecule has 4 aromatic rings. The molecule has 8 heteroatoms. The quantitative estimate of drug-likeness (QED) is 0.530. The van der Waals surface area contributed by atoms with Gasteiger partial charge in [0.15, 0.2) is 5.82 Å². The van der Waals surface area contributed by atoms with Crippen molar-refractivity contribution in [3.8, 4) is 11.6 Å². The molecule has 29 heavy (non-hydrogen) atoms. The van der Waals surface area contributed by atoms with E-state index in [0.29, 0.717) is 28.0 Å². The second-order valence-electron chi connectivity index (χ2n) is 6.41. The van der Waals surface area contributed by atoms with Crippen molar-refractivity contribution in [1.82, 2.24) is 19.4 Å². The summed E-state index contributed by atoms with van der Waals surface area (Å²) in [7, 11) is 1.52. The summed E-state index contributed by atoms with van der Waals surface area (Å²) in [4.78, 5) is 17.4. The highest BCUT2D eigenvalue weighted by atomic mass is 16.5. The number of para-hydroxylation sites is 2. The molecule has 0 aliphatic heterocycles. The van der Waals surface area contributed by atoms with Crippen LogP contribution in [-0.2, 0) is 11.3 Å². The van der Waals surface area contributed by atoms with E-state index in [0.717, 1.165) is 5.69 Å². The monoisotopic (exact) mass is 389 g/mol. The van der Waals surface area contributed by atoms with Gasteiger partial charge in [0.05, 0.1) is 34.1 Å². The number of benzene rings is 2. The van der Waals surface area contributed by atoms with Gasteiger partial charge in [0.2, 0.25) is 5.88 Å². The highest BCUT2D eigenvalue weighted by Crippen LogP contribution is 2.23. The van der Waals surface area contributed by atoms with Gasteiger partial charge in [-0.15, -0.1) is 0 Å². The molecule has 0 spiro atoms. The van der Waals surface area contributed by atoms with E-state index in [1.54, 1.807) is 25.1 Å². The lowest BCUT2D eigenvalue weighted by Crippen LogP contribution is -2.22. The van der Waals surface area contributed by atoms with E-state index in [1.165, 1.54) is 22.7 Å². The second kappa shape index (κ2) is 7.69. The average Bonchev–Trinajstić information content (AvgIpc) is 3.02. The molecule has 0 fully saturated rings. The van der Waals surface area contributed by atoms with Crippen molar-refractivity contribution in [3.05, 3.63) is 82.0 Å². The topological polar surface area (TPSA) is 94.5 Å². The lowest BCUT2D eigenvalue weighted by atomic mass is 10.2. The molecule has 1 N–H and O–H groups in total. The van der Waals surface area contributed by atoms with Gasteiger partial charge in [-0.05, 0) is 31.2 Å². The van der Waals surface area contributed by atoms with Crippen LogP contribution in [0.4, 0.5) is 0 Å². The normalized spacial score (nSPS) is 11.5. The number of aryl methyl sites for hydroxylation is 1. The van der Waals surface area contributed by atoms with Crippen molar-refractivity contribution in [3.63, 3.8) is 0 Å². The Morgan fingerprint density at radius 2 is 1.86 bits per heavy atom. The number of methoxy groups -OCH3 is 1. The first-order chi connectivity index (χ1) is 14.1. The van der Waals surface area contributed by atoms with E-state index < -0.39 is 0 Å². The Balaban J connectivity index is 1.82. The van der Waals surface area contributed by atoms with E-state index in [9.17, 15) is 9.90 Å². The predicted molar refractivity (Wildman–Crippen MR) is 110 cm³/mol. The van der Waals surface area contributed by atoms with E-state index in [1.807, 2.05) is 36.4 Å². The maximum absolute atomic E-state index is 12.9. The van der Waals surface area contributed by atoms with Crippen molar-refractivity contribution in [2.45, 2.75) is 13.5 Å². The van der Waals surface area contributed by atoms with Crippen LogP contribution in [0.3, 0.4) is 0 Å². The Kier molecular flexibility index (Phi) is 4.92. The van der Waals surface area contributed by atoms with Gasteiger partial charge < -0.3 is 9.84 Å². The summed E-state index contributed by atoms with van der Waals surface area (Å²) in [5, 5.41) is 19.8. The molecule has 0 atom stereocenters. The molecule has 8 nitrogen and oxygen atoms in total. The summed E-state index contributed by atoms with van der Waals surface area (Å²) in [5.74, 6) is 0.299. The van der Waals surface area contributed by atoms with E-state index in [2.05, 4.69) is 15.2 Å². The van der Waals surface area contributed by atoms with Crippen LogP contribution in [0.25, 0.3) is 16.6 Å². The summed E-state index contributed by atoms with van der Waals surface area (Å²) >= 11 is 0. The minimum atomic E-state index is -0.313. The molecule has 0 saturated heterocycles. The van der Waals surface area contributed by atoms with Gasteiger partial charge in [-0.25, -0.2) is 9.67 Å². The lowest BCUT2D eigenvalue weighted by molar-refractivity contribution is 0.174. The van der Waals surface area contributed by atoms with Gasteiger partial charge in [-0.1, -0.05) is 30.3 Å². The zero-order valence-corrected chi connectivity index (χ0v) is 16.0. The van der Waals surface area contributed by atoms with Crippen molar-refractivity contribution >= 4 is 17.1 Å². The maximum atomic E-state index is 12.9. The number of hydrogen-bond acceptors (Lipinski definition) is 6. The van der Waals surface area contributed by atoms with Gasteiger partial charge in [-0.2, -0.15) is 14.9 Å². The molecule has 0 aliphatic carbocycles. The third-order valence-electron chi connectivity index (χ3n) is 4.48. The van der Waals surface area contributed by atoms with E-state index >= 15 is 0 Å². The van der Waals surface area contributed by atoms with Crippen LogP contribution in [0, 0.1) is 6.92 Å². The van der Waals surface area contributed by atoms with Crippen molar-refractivity contribution in [1.29, 1.82) is 0 Å². The zero-order chi connectivity index (χ0) is 20.4. The summed E-state index contributed by atoms with van der Waals surface area (Å²) in [6.45, 7) is 1.88. The smallest absolute Gasteiger partial charge is 0.282 e. The van der Waals surface area contributed by atoms with Gasteiger partial charge in [-0.3, -0.25) is 4.79 Å². The SMILES string of the molecule is COCc1nc2ccccc2c(=O)n1N=Cc1c(C)nn(-c2ccccc2)c1O. The third kappa shape index (κ3) is 3.41. The minimum Gasteiger partial charge on any atom is -0.493 e. The molecule has 2 aromatic heterocycles. The second-order valence-corrected chi connectivity index (χ2v) is 6.41. The van der Waals surface area contributed by atoms with E-state index in [4.69, 9.17) is 4.74 Å². The standard InChI is InChI=1S/C21H19N5O3/c1-14-17(21(28)25(24-14)15-8-4-3-5-9-15)12-22-26-19(13-29-2)23-18-11-7-6-10-16(18)20(26)27/h3-12,28H,13H2,1-2H3. The summed E-state index contributed by atoms with van der Waals surface area (Å²) in [6, 6.07) is 16.3. The highest BCUT2D eigenvalue weighted by molar-refractivity contribution is 5.84. The average molecular weight is 389 g/mol. The Morgan fingerprint density at radius 1 is 1.14 bits per heavy atom. The first-order valence-corrected chi connectivity index (χ1v) is 8.98. The molecule has 146 valence electrons. The fraction of sp³-hybridized carbons (Fsp3) is 0.143. The molecule has 2 aromatic carbocycles. The van der Waals surface area contributed by atoms with Crippen molar-refractivity contribution in [2.75, 3.05) is 7.11 Å². The summed E-state index contributed by atoms with van der Waals surface area (Å²) in [6.07, 6.45) is 1.41. The predicted octanol–water partition coefficient (Wildman–Crippen LogP) is 2.62. The maximum Gasteiger partial charge on any atom is 0.282 e. The Labute approximate surface area is 166 Å². The van der Waals surface area contributed by atoms with Gasteiger partial charge in [0, 0.05) is 7.11 Å². The van der Waals surface area contributed by atoms with Crippen LogP contribution >= 0.6 is 0 Å². The molecule has 0 aliphatic rings. The highest BCUT2D eigenvalue weighted by Gasteiger charge is 2.15. The Morgan fingerprint density at radius 3 is 2.62 bits per heavy atom.